The van der Waals surface area contributed by atoms with Crippen LogP contribution in [-0.4, -0.2) is 22.6 Å². The lowest BCUT2D eigenvalue weighted by atomic mass is 9.94. The van der Waals surface area contributed by atoms with E-state index in [4.69, 9.17) is 5.73 Å². The van der Waals surface area contributed by atoms with E-state index in [0.29, 0.717) is 23.8 Å². The molecule has 0 fully saturated rings. The molecule has 0 aliphatic rings. The summed E-state index contributed by atoms with van der Waals surface area (Å²) < 4.78 is 0. The zero-order chi connectivity index (χ0) is 12.9. The van der Waals surface area contributed by atoms with Crippen LogP contribution in [0, 0.1) is 0 Å². The Kier molecular flexibility index (Phi) is 4.81. The molecule has 17 heavy (non-hydrogen) atoms. The van der Waals surface area contributed by atoms with Gasteiger partial charge in [0.05, 0.1) is 0 Å². The van der Waals surface area contributed by atoms with E-state index in [9.17, 15) is 15.0 Å². The summed E-state index contributed by atoms with van der Waals surface area (Å²) in [5.74, 6) is 0. The Morgan fingerprint density at radius 1 is 1.41 bits per heavy atom. The van der Waals surface area contributed by atoms with Gasteiger partial charge in [-0.15, -0.1) is 0 Å². The summed E-state index contributed by atoms with van der Waals surface area (Å²) in [6.45, 7) is 2.00. The molecule has 1 aromatic rings. The van der Waals surface area contributed by atoms with E-state index >= 15 is 0 Å². The molecule has 0 saturated heterocycles. The third kappa shape index (κ3) is 3.36. The molecule has 4 heteroatoms. The molecule has 4 N–H and O–H groups in total. The molecule has 0 bridgehead atoms. The fourth-order valence-corrected chi connectivity index (χ4v) is 1.64. The average Bonchev–Trinajstić information content (AvgIpc) is 2.35. The largest absolute Gasteiger partial charge is 0.388 e. The second kappa shape index (κ2) is 5.91. The minimum Gasteiger partial charge on any atom is -0.388 e. The summed E-state index contributed by atoms with van der Waals surface area (Å²) >= 11 is 0. The number of carbonyl (C=O) groups excluding carboxylic acids is 1. The monoisotopic (exact) mass is 237 g/mol. The van der Waals surface area contributed by atoms with Gasteiger partial charge in [0.15, 0.2) is 5.72 Å². The van der Waals surface area contributed by atoms with Crippen molar-refractivity contribution in [3.05, 3.63) is 35.4 Å². The van der Waals surface area contributed by atoms with Gasteiger partial charge in [0.25, 0.3) is 0 Å². The number of benzene rings is 1. The molecule has 1 rings (SSSR count). The molecule has 0 aromatic heterocycles. The highest BCUT2D eigenvalue weighted by molar-refractivity contribution is 5.74. The number of hydrogen-bond donors (Lipinski definition) is 3. The standard InChI is InChI=1S/C13H19NO3/c1-2-3-4-12(16)13(14,17)11-7-5-10(9-15)6-8-11/h5-9,12,16-17H,2-4,14H2,1H3/t12-,13-/m0/s1. The van der Waals surface area contributed by atoms with Crippen molar-refractivity contribution in [1.29, 1.82) is 0 Å². The van der Waals surface area contributed by atoms with E-state index in [2.05, 4.69) is 0 Å². The molecular formula is C13H19NO3. The van der Waals surface area contributed by atoms with Crippen molar-refractivity contribution in [3.8, 4) is 0 Å². The predicted molar refractivity (Wildman–Crippen MR) is 65.4 cm³/mol. The van der Waals surface area contributed by atoms with Gasteiger partial charge in [-0.05, 0) is 6.42 Å². The molecule has 2 atom stereocenters. The van der Waals surface area contributed by atoms with Gasteiger partial charge in [-0.25, -0.2) is 0 Å². The number of hydrogen-bond acceptors (Lipinski definition) is 4. The van der Waals surface area contributed by atoms with Crippen LogP contribution >= 0.6 is 0 Å². The normalized spacial score (nSPS) is 16.2. The van der Waals surface area contributed by atoms with Crippen LogP contribution in [-0.2, 0) is 5.72 Å². The minimum absolute atomic E-state index is 0.409. The molecule has 1 aromatic carbocycles. The molecule has 0 unspecified atom stereocenters. The Morgan fingerprint density at radius 2 is 2.00 bits per heavy atom. The number of nitrogens with two attached hydrogens (primary N) is 1. The lowest BCUT2D eigenvalue weighted by Crippen LogP contribution is -2.47. The fraction of sp³-hybridized carbons (Fsp3) is 0.462. The van der Waals surface area contributed by atoms with Crippen molar-refractivity contribution >= 4 is 6.29 Å². The minimum atomic E-state index is -1.77. The highest BCUT2D eigenvalue weighted by atomic mass is 16.4. The summed E-state index contributed by atoms with van der Waals surface area (Å²) in [4.78, 5) is 10.5. The van der Waals surface area contributed by atoms with Crippen molar-refractivity contribution in [3.63, 3.8) is 0 Å². The first-order valence-corrected chi connectivity index (χ1v) is 5.77. The smallest absolute Gasteiger partial charge is 0.165 e. The number of unbranched alkanes of at least 4 members (excludes halogenated alkanes) is 1. The van der Waals surface area contributed by atoms with Crippen LogP contribution in [0.1, 0.15) is 42.1 Å². The zero-order valence-electron chi connectivity index (χ0n) is 9.97. The molecule has 0 aliphatic carbocycles. The number of rotatable bonds is 6. The summed E-state index contributed by atoms with van der Waals surface area (Å²) in [5, 5.41) is 19.9. The summed E-state index contributed by atoms with van der Waals surface area (Å²) in [6, 6.07) is 6.23. The van der Waals surface area contributed by atoms with E-state index in [1.807, 2.05) is 6.92 Å². The van der Waals surface area contributed by atoms with Crippen LogP contribution in [0.5, 0.6) is 0 Å². The molecule has 0 amide bonds. The molecule has 4 nitrogen and oxygen atoms in total. The Balaban J connectivity index is 2.83. The molecule has 0 heterocycles. The van der Waals surface area contributed by atoms with Gasteiger partial charge < -0.3 is 10.2 Å². The van der Waals surface area contributed by atoms with E-state index < -0.39 is 11.8 Å². The van der Waals surface area contributed by atoms with Crippen molar-refractivity contribution in [1.82, 2.24) is 0 Å². The summed E-state index contributed by atoms with van der Waals surface area (Å²) in [5.41, 5.74) is 4.88. The SMILES string of the molecule is CCCC[C@H](O)[C@@](N)(O)c1ccc(C=O)cc1. The summed E-state index contributed by atoms with van der Waals surface area (Å²) in [7, 11) is 0. The Bertz CT molecular complexity index is 359. The van der Waals surface area contributed by atoms with Gasteiger partial charge in [0, 0.05) is 11.1 Å². The maximum absolute atomic E-state index is 10.5. The molecule has 0 radical (unpaired) electrons. The van der Waals surface area contributed by atoms with Gasteiger partial charge in [0.1, 0.15) is 12.4 Å². The predicted octanol–water partition coefficient (Wildman–Crippen LogP) is 1.15. The van der Waals surface area contributed by atoms with Crippen molar-refractivity contribution < 1.29 is 15.0 Å². The second-order valence-corrected chi connectivity index (χ2v) is 4.22. The quantitative estimate of drug-likeness (QED) is 0.512. The number of aldehydes is 1. The van der Waals surface area contributed by atoms with Crippen LogP contribution in [0.15, 0.2) is 24.3 Å². The molecule has 94 valence electrons. The second-order valence-electron chi connectivity index (χ2n) is 4.22. The molecule has 0 saturated carbocycles. The highest BCUT2D eigenvalue weighted by Crippen LogP contribution is 2.22. The molecule has 0 spiro atoms. The first-order valence-electron chi connectivity index (χ1n) is 5.77. The Hall–Kier alpha value is -1.23. The van der Waals surface area contributed by atoms with E-state index in [0.717, 1.165) is 12.8 Å². The van der Waals surface area contributed by atoms with Crippen molar-refractivity contribution in [2.24, 2.45) is 5.73 Å². The summed E-state index contributed by atoms with van der Waals surface area (Å²) in [6.07, 6.45) is 1.88. The van der Waals surface area contributed by atoms with Gasteiger partial charge >= 0.3 is 0 Å². The third-order valence-corrected chi connectivity index (χ3v) is 2.85. The number of aliphatic hydroxyl groups is 2. The first kappa shape index (κ1) is 13.8. The maximum Gasteiger partial charge on any atom is 0.165 e. The van der Waals surface area contributed by atoms with Gasteiger partial charge in [-0.1, -0.05) is 44.0 Å². The zero-order valence-corrected chi connectivity index (χ0v) is 9.97. The van der Waals surface area contributed by atoms with E-state index in [1.165, 1.54) is 0 Å². The van der Waals surface area contributed by atoms with Crippen LogP contribution < -0.4 is 5.73 Å². The number of carbonyl (C=O) groups is 1. The topological polar surface area (TPSA) is 83.6 Å². The average molecular weight is 237 g/mol. The van der Waals surface area contributed by atoms with Crippen LogP contribution in [0.4, 0.5) is 0 Å². The van der Waals surface area contributed by atoms with Crippen LogP contribution in [0.2, 0.25) is 0 Å². The van der Waals surface area contributed by atoms with Crippen molar-refractivity contribution in [2.45, 2.75) is 38.0 Å². The highest BCUT2D eigenvalue weighted by Gasteiger charge is 2.32. The Morgan fingerprint density at radius 3 is 2.47 bits per heavy atom. The van der Waals surface area contributed by atoms with Crippen molar-refractivity contribution in [2.75, 3.05) is 0 Å². The lowest BCUT2D eigenvalue weighted by molar-refractivity contribution is -0.0802. The molecular weight excluding hydrogens is 218 g/mol. The fourth-order valence-electron chi connectivity index (χ4n) is 1.64. The Labute approximate surface area is 101 Å². The first-order chi connectivity index (χ1) is 8.02. The molecule has 0 aliphatic heterocycles. The third-order valence-electron chi connectivity index (χ3n) is 2.85. The number of aliphatic hydroxyl groups excluding tert-OH is 1. The van der Waals surface area contributed by atoms with Crippen LogP contribution in [0.25, 0.3) is 0 Å². The maximum atomic E-state index is 10.5. The van der Waals surface area contributed by atoms with Gasteiger partial charge in [-0.2, -0.15) is 0 Å². The van der Waals surface area contributed by atoms with Gasteiger partial charge in [-0.3, -0.25) is 10.5 Å². The van der Waals surface area contributed by atoms with Gasteiger partial charge in [0.2, 0.25) is 0 Å². The lowest BCUT2D eigenvalue weighted by Gasteiger charge is -2.29. The van der Waals surface area contributed by atoms with E-state index in [-0.39, 0.29) is 0 Å². The van der Waals surface area contributed by atoms with E-state index in [1.54, 1.807) is 24.3 Å². The van der Waals surface area contributed by atoms with Crippen LogP contribution in [0.3, 0.4) is 0 Å².